The molecule has 0 heterocycles. The van der Waals surface area contributed by atoms with Crippen molar-refractivity contribution in [3.63, 3.8) is 0 Å². The Hall–Kier alpha value is -2.76. The molecule has 0 unspecified atom stereocenters. The quantitative estimate of drug-likeness (QED) is 0.206. The van der Waals surface area contributed by atoms with Crippen LogP contribution in [0.5, 0.6) is 0 Å². The van der Waals surface area contributed by atoms with E-state index in [1.807, 2.05) is 0 Å². The molecule has 0 fully saturated rings. The van der Waals surface area contributed by atoms with Gasteiger partial charge in [-0.3, -0.25) is 14.9 Å². The van der Waals surface area contributed by atoms with Crippen molar-refractivity contribution in [1.29, 1.82) is 0 Å². The third kappa shape index (κ3) is 3.90. The maximum absolute atomic E-state index is 13.5. The molecule has 138 valence electrons. The predicted octanol–water partition coefficient (Wildman–Crippen LogP) is 4.16. The van der Waals surface area contributed by atoms with Gasteiger partial charge in [0, 0.05) is 11.8 Å². The van der Waals surface area contributed by atoms with Gasteiger partial charge < -0.3 is 5.32 Å². The molecule has 12 heteroatoms. The van der Waals surface area contributed by atoms with E-state index >= 15 is 0 Å². The number of nitrogens with one attached hydrogen (secondary N) is 1. The number of thioether (sulfide) groups is 1. The SMILES string of the molecule is O=C(CSc1c(F)c(F)c(F)c(F)c1F)Nc1ccc(F)c([N+](=O)[O-])c1. The van der Waals surface area contributed by atoms with Crippen molar-refractivity contribution in [3.05, 3.63) is 63.2 Å². The third-order valence-corrected chi connectivity index (χ3v) is 4.00. The molecule has 2 aromatic rings. The van der Waals surface area contributed by atoms with E-state index in [2.05, 4.69) is 5.32 Å². The fourth-order valence-electron chi connectivity index (χ4n) is 1.78. The molecular weight excluding hydrogens is 390 g/mol. The van der Waals surface area contributed by atoms with Crippen molar-refractivity contribution in [1.82, 2.24) is 0 Å². The smallest absolute Gasteiger partial charge is 0.306 e. The Morgan fingerprint density at radius 1 is 1.00 bits per heavy atom. The number of halogens is 6. The van der Waals surface area contributed by atoms with Gasteiger partial charge in [-0.15, -0.1) is 11.8 Å². The Kier molecular flexibility index (Phi) is 5.75. The topological polar surface area (TPSA) is 72.2 Å². The first-order valence-electron chi connectivity index (χ1n) is 6.51. The summed E-state index contributed by atoms with van der Waals surface area (Å²) in [6.07, 6.45) is 0. The van der Waals surface area contributed by atoms with Crippen molar-refractivity contribution in [3.8, 4) is 0 Å². The van der Waals surface area contributed by atoms with Crippen LogP contribution in [0.15, 0.2) is 23.1 Å². The van der Waals surface area contributed by atoms with Crippen LogP contribution in [-0.2, 0) is 4.79 Å². The Bertz CT molecular complexity index is 880. The third-order valence-electron chi connectivity index (χ3n) is 2.94. The van der Waals surface area contributed by atoms with Crippen LogP contribution < -0.4 is 5.32 Å². The van der Waals surface area contributed by atoms with E-state index in [9.17, 15) is 41.3 Å². The highest BCUT2D eigenvalue weighted by atomic mass is 32.2. The molecule has 0 aromatic heterocycles. The summed E-state index contributed by atoms with van der Waals surface area (Å²) in [5.74, 6) is -13.7. The van der Waals surface area contributed by atoms with Gasteiger partial charge in [0.25, 0.3) is 0 Å². The normalized spacial score (nSPS) is 10.7. The van der Waals surface area contributed by atoms with Crippen molar-refractivity contribution in [2.75, 3.05) is 11.1 Å². The van der Waals surface area contributed by atoms with Crippen LogP contribution in [0.25, 0.3) is 0 Å². The lowest BCUT2D eigenvalue weighted by molar-refractivity contribution is -0.387. The summed E-state index contributed by atoms with van der Waals surface area (Å²) in [6, 6.07) is 2.41. The average molecular weight is 396 g/mol. The molecule has 2 aromatic carbocycles. The number of rotatable bonds is 5. The minimum Gasteiger partial charge on any atom is -0.325 e. The summed E-state index contributed by atoms with van der Waals surface area (Å²) >= 11 is 0.0350. The fraction of sp³-hybridized carbons (Fsp3) is 0.0714. The van der Waals surface area contributed by atoms with Crippen molar-refractivity contribution < 1.29 is 36.1 Å². The van der Waals surface area contributed by atoms with Gasteiger partial charge in [0.05, 0.1) is 15.6 Å². The van der Waals surface area contributed by atoms with Crippen LogP contribution in [0, 0.1) is 45.0 Å². The maximum atomic E-state index is 13.5. The number of hydrogen-bond donors (Lipinski definition) is 1. The lowest BCUT2D eigenvalue weighted by Gasteiger charge is -2.08. The van der Waals surface area contributed by atoms with Gasteiger partial charge in [0.15, 0.2) is 23.3 Å². The first-order valence-corrected chi connectivity index (χ1v) is 7.50. The molecule has 0 bridgehead atoms. The minimum atomic E-state index is -2.33. The van der Waals surface area contributed by atoms with E-state index in [-0.39, 0.29) is 17.4 Å². The number of amides is 1. The van der Waals surface area contributed by atoms with E-state index in [1.54, 1.807) is 0 Å². The lowest BCUT2D eigenvalue weighted by atomic mass is 10.2. The summed E-state index contributed by atoms with van der Waals surface area (Å²) in [5.41, 5.74) is -1.11. The number of carbonyl (C=O) groups excluding carboxylic acids is 1. The fourth-order valence-corrected chi connectivity index (χ4v) is 2.56. The number of nitrogens with zero attached hydrogens (tertiary/aromatic N) is 1. The van der Waals surface area contributed by atoms with Gasteiger partial charge in [-0.2, -0.15) is 4.39 Å². The van der Waals surface area contributed by atoms with E-state index in [1.165, 1.54) is 0 Å². The van der Waals surface area contributed by atoms with Gasteiger partial charge >= 0.3 is 5.69 Å². The molecule has 0 spiro atoms. The largest absolute Gasteiger partial charge is 0.325 e. The second-order valence-electron chi connectivity index (χ2n) is 4.66. The van der Waals surface area contributed by atoms with Crippen LogP contribution in [-0.4, -0.2) is 16.6 Å². The van der Waals surface area contributed by atoms with Crippen molar-refractivity contribution in [2.24, 2.45) is 0 Å². The first kappa shape index (κ1) is 19.6. The summed E-state index contributed by atoms with van der Waals surface area (Å²) in [6.45, 7) is 0. The van der Waals surface area contributed by atoms with Crippen LogP contribution in [0.3, 0.4) is 0 Å². The zero-order valence-corrected chi connectivity index (χ0v) is 13.1. The van der Waals surface area contributed by atoms with E-state index in [0.717, 1.165) is 6.07 Å². The molecule has 26 heavy (non-hydrogen) atoms. The van der Waals surface area contributed by atoms with Crippen LogP contribution in [0.4, 0.5) is 37.7 Å². The highest BCUT2D eigenvalue weighted by molar-refractivity contribution is 8.00. The maximum Gasteiger partial charge on any atom is 0.306 e. The molecule has 2 rings (SSSR count). The molecule has 5 nitrogen and oxygen atoms in total. The molecule has 0 atom stereocenters. The number of benzene rings is 2. The Morgan fingerprint density at radius 3 is 2.08 bits per heavy atom. The second-order valence-corrected chi connectivity index (χ2v) is 5.64. The van der Waals surface area contributed by atoms with Crippen molar-refractivity contribution in [2.45, 2.75) is 4.90 Å². The lowest BCUT2D eigenvalue weighted by Crippen LogP contribution is -2.15. The zero-order valence-electron chi connectivity index (χ0n) is 12.3. The first-order chi connectivity index (χ1) is 12.1. The number of anilines is 1. The highest BCUT2D eigenvalue weighted by Gasteiger charge is 2.26. The minimum absolute atomic E-state index is 0.0350. The van der Waals surface area contributed by atoms with Gasteiger partial charge in [-0.25, -0.2) is 22.0 Å². The molecular formula is C14H6F6N2O3S. The summed E-state index contributed by atoms with van der Waals surface area (Å²) in [5, 5.41) is 12.7. The Morgan fingerprint density at radius 2 is 1.54 bits per heavy atom. The predicted molar refractivity (Wildman–Crippen MR) is 78.6 cm³/mol. The van der Waals surface area contributed by atoms with Gasteiger partial charge in [0.1, 0.15) is 0 Å². The number of nitro benzene ring substituents is 1. The molecule has 0 aliphatic heterocycles. The molecule has 0 aliphatic carbocycles. The summed E-state index contributed by atoms with van der Waals surface area (Å²) < 4.78 is 79.2. The van der Waals surface area contributed by atoms with Gasteiger partial charge in [-0.05, 0) is 12.1 Å². The van der Waals surface area contributed by atoms with Crippen LogP contribution in [0.2, 0.25) is 0 Å². The number of carbonyl (C=O) groups is 1. The average Bonchev–Trinajstić information content (AvgIpc) is 2.59. The van der Waals surface area contributed by atoms with E-state index in [0.29, 0.717) is 12.1 Å². The number of nitro groups is 1. The van der Waals surface area contributed by atoms with Gasteiger partial charge in [-0.1, -0.05) is 0 Å². The molecule has 0 saturated heterocycles. The van der Waals surface area contributed by atoms with Crippen LogP contribution in [0.1, 0.15) is 0 Å². The Balaban J connectivity index is 2.13. The molecule has 0 saturated carbocycles. The summed E-state index contributed by atoms with van der Waals surface area (Å²) in [4.78, 5) is 20.0. The molecule has 1 amide bonds. The molecule has 0 radical (unpaired) electrons. The van der Waals surface area contributed by atoms with E-state index in [4.69, 9.17) is 0 Å². The standard InChI is InChI=1S/C14H6F6N2O3S/c15-6-2-1-5(3-7(6)22(24)25)21-8(23)4-26-14-12(19)10(17)9(16)11(18)13(14)20/h1-3H,4H2,(H,21,23). The van der Waals surface area contributed by atoms with Crippen molar-refractivity contribution >= 4 is 29.0 Å². The van der Waals surface area contributed by atoms with Gasteiger partial charge in [0.2, 0.25) is 17.5 Å². The summed E-state index contributed by atoms with van der Waals surface area (Å²) in [7, 11) is 0. The highest BCUT2D eigenvalue weighted by Crippen LogP contribution is 2.31. The van der Waals surface area contributed by atoms with Crippen LogP contribution >= 0.6 is 11.8 Å². The monoisotopic (exact) mass is 396 g/mol. The van der Waals surface area contributed by atoms with E-state index < -0.39 is 62.1 Å². The molecule has 0 aliphatic rings. The second kappa shape index (κ2) is 7.64. The number of hydrogen-bond acceptors (Lipinski definition) is 4. The zero-order chi connectivity index (χ0) is 19.6. The molecule has 1 N–H and O–H groups in total. The Labute approximate surface area is 145 Å².